The molecule has 0 aliphatic carbocycles. The fraction of sp³-hybridized carbons (Fsp3) is 0.357. The second-order valence-electron chi connectivity index (χ2n) is 4.71. The van der Waals surface area contributed by atoms with E-state index in [0.717, 1.165) is 29.9 Å². The van der Waals surface area contributed by atoms with Crippen LogP contribution >= 0.6 is 0 Å². The van der Waals surface area contributed by atoms with Crippen LogP contribution in [0.15, 0.2) is 35.0 Å². The summed E-state index contributed by atoms with van der Waals surface area (Å²) in [7, 11) is 0. The molecule has 1 aromatic carbocycles. The number of hydrogen-bond acceptors (Lipinski definition) is 4. The van der Waals surface area contributed by atoms with Gasteiger partial charge in [0.05, 0.1) is 6.20 Å². The first-order valence-corrected chi connectivity index (χ1v) is 6.29. The van der Waals surface area contributed by atoms with Gasteiger partial charge in [-0.2, -0.15) is 0 Å². The SMILES string of the molecule is Oc1cccc(-c2cnoc2CC2CCCN2)c1. The van der Waals surface area contributed by atoms with E-state index in [9.17, 15) is 5.11 Å². The zero-order chi connectivity index (χ0) is 12.4. The topological polar surface area (TPSA) is 58.3 Å². The minimum Gasteiger partial charge on any atom is -0.508 e. The Bertz CT molecular complexity index is 530. The van der Waals surface area contributed by atoms with Crippen LogP contribution in [0.2, 0.25) is 0 Å². The lowest BCUT2D eigenvalue weighted by Crippen LogP contribution is -2.23. The zero-order valence-corrected chi connectivity index (χ0v) is 10.1. The van der Waals surface area contributed by atoms with Crippen molar-refractivity contribution in [3.63, 3.8) is 0 Å². The van der Waals surface area contributed by atoms with Crippen LogP contribution in [0.4, 0.5) is 0 Å². The third kappa shape index (κ3) is 2.24. The number of benzene rings is 1. The summed E-state index contributed by atoms with van der Waals surface area (Å²) >= 11 is 0. The Morgan fingerprint density at radius 3 is 3.17 bits per heavy atom. The number of aromatic nitrogens is 1. The second kappa shape index (κ2) is 4.82. The van der Waals surface area contributed by atoms with E-state index in [1.807, 2.05) is 12.1 Å². The second-order valence-corrected chi connectivity index (χ2v) is 4.71. The quantitative estimate of drug-likeness (QED) is 0.870. The minimum atomic E-state index is 0.263. The van der Waals surface area contributed by atoms with Crippen molar-refractivity contribution < 1.29 is 9.63 Å². The van der Waals surface area contributed by atoms with Crippen molar-refractivity contribution in [1.82, 2.24) is 10.5 Å². The Hall–Kier alpha value is -1.81. The summed E-state index contributed by atoms with van der Waals surface area (Å²) in [6.45, 7) is 1.08. The highest BCUT2D eigenvalue weighted by Gasteiger charge is 2.19. The van der Waals surface area contributed by atoms with Crippen molar-refractivity contribution in [3.05, 3.63) is 36.2 Å². The van der Waals surface area contributed by atoms with Crippen LogP contribution in [-0.4, -0.2) is 22.8 Å². The van der Waals surface area contributed by atoms with Crippen molar-refractivity contribution in [3.8, 4) is 16.9 Å². The van der Waals surface area contributed by atoms with Crippen molar-refractivity contribution in [2.45, 2.75) is 25.3 Å². The average molecular weight is 244 g/mol. The van der Waals surface area contributed by atoms with Crippen molar-refractivity contribution >= 4 is 0 Å². The Morgan fingerprint density at radius 2 is 2.39 bits per heavy atom. The van der Waals surface area contributed by atoms with Crippen molar-refractivity contribution in [2.75, 3.05) is 6.54 Å². The van der Waals surface area contributed by atoms with Gasteiger partial charge < -0.3 is 14.9 Å². The summed E-state index contributed by atoms with van der Waals surface area (Å²) in [6.07, 6.45) is 4.98. The van der Waals surface area contributed by atoms with Crippen LogP contribution in [0.1, 0.15) is 18.6 Å². The number of phenols is 1. The molecule has 18 heavy (non-hydrogen) atoms. The maximum atomic E-state index is 9.52. The molecule has 1 unspecified atom stereocenters. The van der Waals surface area contributed by atoms with Crippen molar-refractivity contribution in [2.24, 2.45) is 0 Å². The van der Waals surface area contributed by atoms with Crippen LogP contribution in [0.5, 0.6) is 5.75 Å². The molecular formula is C14H16N2O2. The summed E-state index contributed by atoms with van der Waals surface area (Å²) in [6, 6.07) is 7.66. The van der Waals surface area contributed by atoms with Crippen LogP contribution in [0, 0.1) is 0 Å². The standard InChI is InChI=1S/C14H16N2O2/c17-12-5-1-3-10(7-12)13-9-16-18-14(13)8-11-4-2-6-15-11/h1,3,5,7,9,11,15,17H,2,4,6,8H2. The van der Waals surface area contributed by atoms with E-state index >= 15 is 0 Å². The van der Waals surface area contributed by atoms with Crippen LogP contribution in [0.3, 0.4) is 0 Å². The Morgan fingerprint density at radius 1 is 1.44 bits per heavy atom. The van der Waals surface area contributed by atoms with Crippen LogP contribution in [0.25, 0.3) is 11.1 Å². The van der Waals surface area contributed by atoms with Gasteiger partial charge in [0, 0.05) is 18.0 Å². The fourth-order valence-corrected chi connectivity index (χ4v) is 2.47. The third-order valence-electron chi connectivity index (χ3n) is 3.40. The molecule has 4 heteroatoms. The molecule has 2 aromatic rings. The van der Waals surface area contributed by atoms with Gasteiger partial charge in [0.15, 0.2) is 0 Å². The van der Waals surface area contributed by atoms with Gasteiger partial charge in [-0.3, -0.25) is 0 Å². The monoisotopic (exact) mass is 244 g/mol. The Balaban J connectivity index is 1.86. The van der Waals surface area contributed by atoms with Crippen molar-refractivity contribution in [1.29, 1.82) is 0 Å². The molecule has 1 aromatic heterocycles. The number of hydrogen-bond donors (Lipinski definition) is 2. The minimum absolute atomic E-state index is 0.263. The lowest BCUT2D eigenvalue weighted by atomic mass is 10.0. The third-order valence-corrected chi connectivity index (χ3v) is 3.40. The first-order valence-electron chi connectivity index (χ1n) is 6.29. The number of phenolic OH excluding ortho intramolecular Hbond substituents is 1. The highest BCUT2D eigenvalue weighted by atomic mass is 16.5. The van der Waals surface area contributed by atoms with Gasteiger partial charge in [-0.25, -0.2) is 0 Å². The number of nitrogens with zero attached hydrogens (tertiary/aromatic N) is 1. The molecule has 1 atom stereocenters. The molecule has 1 aliphatic heterocycles. The van der Waals surface area contributed by atoms with E-state index in [1.54, 1.807) is 18.3 Å². The molecular weight excluding hydrogens is 228 g/mol. The summed E-state index contributed by atoms with van der Waals surface area (Å²) in [5.74, 6) is 1.15. The predicted molar refractivity (Wildman–Crippen MR) is 68.3 cm³/mol. The molecule has 2 heterocycles. The fourth-order valence-electron chi connectivity index (χ4n) is 2.47. The molecule has 3 rings (SSSR count). The van der Waals surface area contributed by atoms with Gasteiger partial charge in [0.25, 0.3) is 0 Å². The van der Waals surface area contributed by atoms with Gasteiger partial charge in [-0.1, -0.05) is 17.3 Å². The van der Waals surface area contributed by atoms with Gasteiger partial charge in [-0.05, 0) is 37.1 Å². The number of aromatic hydroxyl groups is 1. The smallest absolute Gasteiger partial charge is 0.146 e. The molecule has 4 nitrogen and oxygen atoms in total. The average Bonchev–Trinajstić information content (AvgIpc) is 3.01. The number of rotatable bonds is 3. The van der Waals surface area contributed by atoms with Crippen LogP contribution < -0.4 is 5.32 Å². The Kier molecular flexibility index (Phi) is 3.02. The predicted octanol–water partition coefficient (Wildman–Crippen LogP) is 2.34. The normalized spacial score (nSPS) is 19.2. The molecule has 0 saturated carbocycles. The first kappa shape index (κ1) is 11.3. The van der Waals surface area contributed by atoms with E-state index in [4.69, 9.17) is 4.52 Å². The highest BCUT2D eigenvalue weighted by Crippen LogP contribution is 2.28. The first-order chi connectivity index (χ1) is 8.83. The van der Waals surface area contributed by atoms with E-state index in [0.29, 0.717) is 6.04 Å². The van der Waals surface area contributed by atoms with E-state index in [-0.39, 0.29) is 5.75 Å². The molecule has 0 spiro atoms. The number of nitrogens with one attached hydrogen (secondary N) is 1. The maximum Gasteiger partial charge on any atom is 0.146 e. The molecule has 0 amide bonds. The molecule has 0 bridgehead atoms. The summed E-state index contributed by atoms with van der Waals surface area (Å²) < 4.78 is 5.35. The maximum absolute atomic E-state index is 9.52. The molecule has 0 radical (unpaired) electrons. The van der Waals surface area contributed by atoms with Gasteiger partial charge in [-0.15, -0.1) is 0 Å². The van der Waals surface area contributed by atoms with E-state index in [2.05, 4.69) is 10.5 Å². The molecule has 94 valence electrons. The van der Waals surface area contributed by atoms with Gasteiger partial charge in [0.2, 0.25) is 0 Å². The lowest BCUT2D eigenvalue weighted by molar-refractivity contribution is 0.370. The largest absolute Gasteiger partial charge is 0.508 e. The Labute approximate surface area is 106 Å². The summed E-state index contributed by atoms with van der Waals surface area (Å²) in [5.41, 5.74) is 1.92. The molecule has 2 N–H and O–H groups in total. The summed E-state index contributed by atoms with van der Waals surface area (Å²) in [4.78, 5) is 0. The summed E-state index contributed by atoms with van der Waals surface area (Å²) in [5, 5.41) is 16.9. The lowest BCUT2D eigenvalue weighted by Gasteiger charge is -2.08. The zero-order valence-electron chi connectivity index (χ0n) is 10.1. The van der Waals surface area contributed by atoms with Gasteiger partial charge >= 0.3 is 0 Å². The molecule has 1 fully saturated rings. The van der Waals surface area contributed by atoms with Gasteiger partial charge in [0.1, 0.15) is 11.5 Å². The van der Waals surface area contributed by atoms with Crippen LogP contribution in [-0.2, 0) is 6.42 Å². The van der Waals surface area contributed by atoms with E-state index in [1.165, 1.54) is 12.8 Å². The van der Waals surface area contributed by atoms with E-state index < -0.39 is 0 Å². The molecule has 1 saturated heterocycles. The highest BCUT2D eigenvalue weighted by molar-refractivity contribution is 5.66. The molecule has 1 aliphatic rings.